The van der Waals surface area contributed by atoms with Crippen LogP contribution in [0.3, 0.4) is 0 Å². The summed E-state index contributed by atoms with van der Waals surface area (Å²) in [6.45, 7) is 2.21. The highest BCUT2D eigenvalue weighted by Gasteiger charge is 2.11. The predicted octanol–water partition coefficient (Wildman–Crippen LogP) is 2.45. The molecule has 0 atom stereocenters. The average Bonchev–Trinajstić information content (AvgIpc) is 2.58. The van der Waals surface area contributed by atoms with E-state index in [1.807, 2.05) is 25.3 Å². The number of nitrogens with one attached hydrogen (secondary N) is 1. The molecule has 0 aliphatic carbocycles. The maximum atomic E-state index is 12.2. The second-order valence-corrected chi connectivity index (χ2v) is 5.53. The van der Waals surface area contributed by atoms with Crippen LogP contribution < -0.4 is 14.8 Å². The molecule has 23 heavy (non-hydrogen) atoms. The second kappa shape index (κ2) is 7.82. The molecule has 1 aromatic heterocycles. The fourth-order valence-corrected chi connectivity index (χ4v) is 2.44. The quantitative estimate of drug-likeness (QED) is 0.647. The molecule has 1 heterocycles. The smallest absolute Gasteiger partial charge is 0.270 e. The van der Waals surface area contributed by atoms with E-state index in [4.69, 9.17) is 9.47 Å². The number of hydrogen-bond acceptors (Lipinski definition) is 6. The Morgan fingerprint density at radius 2 is 1.91 bits per heavy atom. The van der Waals surface area contributed by atoms with Crippen LogP contribution in [0, 0.1) is 6.92 Å². The van der Waals surface area contributed by atoms with Gasteiger partial charge in [0.2, 0.25) is 0 Å². The van der Waals surface area contributed by atoms with Crippen LogP contribution in [-0.2, 0) is 6.54 Å². The number of aryl methyl sites for hydroxylation is 1. The Hall–Kier alpha value is -2.28. The normalized spacial score (nSPS) is 10.3. The molecule has 1 amide bonds. The van der Waals surface area contributed by atoms with Gasteiger partial charge in [0.1, 0.15) is 5.69 Å². The van der Waals surface area contributed by atoms with Gasteiger partial charge < -0.3 is 14.8 Å². The van der Waals surface area contributed by atoms with Crippen molar-refractivity contribution in [3.8, 4) is 11.5 Å². The Morgan fingerprint density at radius 1 is 1.17 bits per heavy atom. The first-order valence-electron chi connectivity index (χ1n) is 6.96. The number of amides is 1. The number of thioether (sulfide) groups is 1. The molecule has 0 aliphatic rings. The fourth-order valence-electron chi connectivity index (χ4n) is 2.01. The van der Waals surface area contributed by atoms with Crippen molar-refractivity contribution in [1.29, 1.82) is 0 Å². The maximum Gasteiger partial charge on any atom is 0.270 e. The Labute approximate surface area is 139 Å². The highest BCUT2D eigenvalue weighted by Crippen LogP contribution is 2.27. The van der Waals surface area contributed by atoms with Crippen LogP contribution in [0.15, 0.2) is 29.4 Å². The Balaban J connectivity index is 2.08. The SMILES string of the molecule is COc1ccc(CNC(=O)c2cc(C)nc(SC)n2)cc1OC. The third-order valence-electron chi connectivity index (χ3n) is 3.15. The summed E-state index contributed by atoms with van der Waals surface area (Å²) in [5.74, 6) is 1.04. The lowest BCUT2D eigenvalue weighted by Gasteiger charge is -2.10. The van der Waals surface area contributed by atoms with Gasteiger partial charge in [0.15, 0.2) is 16.7 Å². The number of methoxy groups -OCH3 is 2. The molecule has 0 saturated heterocycles. The van der Waals surface area contributed by atoms with Crippen molar-refractivity contribution in [2.45, 2.75) is 18.6 Å². The zero-order valence-corrected chi connectivity index (χ0v) is 14.4. The third kappa shape index (κ3) is 4.35. The minimum atomic E-state index is -0.236. The number of hydrogen-bond donors (Lipinski definition) is 1. The van der Waals surface area contributed by atoms with Gasteiger partial charge >= 0.3 is 0 Å². The van der Waals surface area contributed by atoms with Gasteiger partial charge in [0, 0.05) is 12.2 Å². The second-order valence-electron chi connectivity index (χ2n) is 4.75. The topological polar surface area (TPSA) is 73.3 Å². The first kappa shape index (κ1) is 17.1. The Bertz CT molecular complexity index is 707. The van der Waals surface area contributed by atoms with E-state index in [9.17, 15) is 4.79 Å². The summed E-state index contributed by atoms with van der Waals surface area (Å²) < 4.78 is 10.4. The van der Waals surface area contributed by atoms with Crippen molar-refractivity contribution >= 4 is 17.7 Å². The van der Waals surface area contributed by atoms with Crippen LogP contribution in [0.1, 0.15) is 21.7 Å². The summed E-state index contributed by atoms with van der Waals surface area (Å²) in [7, 11) is 3.16. The van der Waals surface area contributed by atoms with Gasteiger partial charge in [0.25, 0.3) is 5.91 Å². The third-order valence-corrected chi connectivity index (χ3v) is 3.70. The summed E-state index contributed by atoms with van der Waals surface area (Å²) in [6, 6.07) is 7.18. The lowest BCUT2D eigenvalue weighted by molar-refractivity contribution is 0.0944. The zero-order chi connectivity index (χ0) is 16.8. The molecule has 2 aromatic rings. The largest absolute Gasteiger partial charge is 0.493 e. The molecule has 6 nitrogen and oxygen atoms in total. The van der Waals surface area contributed by atoms with Gasteiger partial charge in [-0.1, -0.05) is 17.8 Å². The summed E-state index contributed by atoms with van der Waals surface area (Å²) in [5.41, 5.74) is 2.04. The fraction of sp³-hybridized carbons (Fsp3) is 0.312. The molecule has 122 valence electrons. The lowest BCUT2D eigenvalue weighted by atomic mass is 10.2. The molecule has 0 unspecified atom stereocenters. The van der Waals surface area contributed by atoms with E-state index < -0.39 is 0 Å². The summed E-state index contributed by atoms with van der Waals surface area (Å²) in [5, 5.41) is 3.43. The van der Waals surface area contributed by atoms with Crippen LogP contribution in [0.4, 0.5) is 0 Å². The highest BCUT2D eigenvalue weighted by molar-refractivity contribution is 7.98. The number of aromatic nitrogens is 2. The van der Waals surface area contributed by atoms with E-state index in [1.54, 1.807) is 26.4 Å². The van der Waals surface area contributed by atoms with Gasteiger partial charge in [-0.3, -0.25) is 4.79 Å². The zero-order valence-electron chi connectivity index (χ0n) is 13.5. The first-order chi connectivity index (χ1) is 11.1. The molecule has 0 aliphatic heterocycles. The molecule has 0 bridgehead atoms. The number of carbonyl (C=O) groups is 1. The van der Waals surface area contributed by atoms with Crippen molar-refractivity contribution in [3.63, 3.8) is 0 Å². The summed E-state index contributed by atoms with van der Waals surface area (Å²) in [6.07, 6.45) is 1.88. The molecule has 2 rings (SSSR count). The van der Waals surface area contributed by atoms with Crippen LogP contribution >= 0.6 is 11.8 Å². The maximum absolute atomic E-state index is 12.2. The molecule has 0 spiro atoms. The Morgan fingerprint density at radius 3 is 2.57 bits per heavy atom. The molecule has 0 fully saturated rings. The number of carbonyl (C=O) groups excluding carboxylic acids is 1. The summed E-state index contributed by atoms with van der Waals surface area (Å²) in [4.78, 5) is 20.7. The van der Waals surface area contributed by atoms with Gasteiger partial charge in [-0.15, -0.1) is 0 Å². The monoisotopic (exact) mass is 333 g/mol. The van der Waals surface area contributed by atoms with Gasteiger partial charge in [0.05, 0.1) is 14.2 Å². The van der Waals surface area contributed by atoms with Crippen LogP contribution in [-0.4, -0.2) is 36.4 Å². The lowest BCUT2D eigenvalue weighted by Crippen LogP contribution is -2.24. The average molecular weight is 333 g/mol. The van der Waals surface area contributed by atoms with E-state index in [0.717, 1.165) is 11.3 Å². The van der Waals surface area contributed by atoms with Crippen molar-refractivity contribution in [2.24, 2.45) is 0 Å². The van der Waals surface area contributed by atoms with Crippen LogP contribution in [0.25, 0.3) is 0 Å². The van der Waals surface area contributed by atoms with E-state index >= 15 is 0 Å². The highest BCUT2D eigenvalue weighted by atomic mass is 32.2. The van der Waals surface area contributed by atoms with Crippen LogP contribution in [0.5, 0.6) is 11.5 Å². The number of ether oxygens (including phenoxy) is 2. The summed E-state index contributed by atoms with van der Waals surface area (Å²) >= 11 is 1.41. The van der Waals surface area contributed by atoms with Gasteiger partial charge in [-0.2, -0.15) is 0 Å². The molecule has 1 N–H and O–H groups in total. The van der Waals surface area contributed by atoms with E-state index in [0.29, 0.717) is 28.9 Å². The van der Waals surface area contributed by atoms with E-state index in [-0.39, 0.29) is 5.91 Å². The van der Waals surface area contributed by atoms with E-state index in [1.165, 1.54) is 11.8 Å². The van der Waals surface area contributed by atoms with Crippen LogP contribution in [0.2, 0.25) is 0 Å². The molecular weight excluding hydrogens is 314 g/mol. The predicted molar refractivity (Wildman–Crippen MR) is 89.3 cm³/mol. The number of rotatable bonds is 6. The van der Waals surface area contributed by atoms with Crippen molar-refractivity contribution in [1.82, 2.24) is 15.3 Å². The minimum Gasteiger partial charge on any atom is -0.493 e. The minimum absolute atomic E-state index is 0.236. The standard InChI is InChI=1S/C16H19N3O3S/c1-10-7-12(19-16(18-10)23-4)15(20)17-9-11-5-6-13(21-2)14(8-11)22-3/h5-8H,9H2,1-4H3,(H,17,20). The molecular formula is C16H19N3O3S. The number of nitrogens with zero attached hydrogens (tertiary/aromatic N) is 2. The van der Waals surface area contributed by atoms with Gasteiger partial charge in [-0.05, 0) is 36.9 Å². The molecule has 1 aromatic carbocycles. The molecule has 0 saturated carbocycles. The van der Waals surface area contributed by atoms with Gasteiger partial charge in [-0.25, -0.2) is 9.97 Å². The van der Waals surface area contributed by atoms with Crippen molar-refractivity contribution < 1.29 is 14.3 Å². The van der Waals surface area contributed by atoms with E-state index in [2.05, 4.69) is 15.3 Å². The van der Waals surface area contributed by atoms with Crippen molar-refractivity contribution in [2.75, 3.05) is 20.5 Å². The Kier molecular flexibility index (Phi) is 5.81. The molecule has 7 heteroatoms. The van der Waals surface area contributed by atoms with Crippen molar-refractivity contribution in [3.05, 3.63) is 41.2 Å². The number of benzene rings is 1. The first-order valence-corrected chi connectivity index (χ1v) is 8.18. The molecule has 0 radical (unpaired) electrons.